The molecule has 0 spiro atoms. The highest BCUT2D eigenvalue weighted by molar-refractivity contribution is 5.64. The van der Waals surface area contributed by atoms with Crippen molar-refractivity contribution in [1.82, 2.24) is 9.55 Å². The molecule has 2 rings (SSSR count). The Hall–Kier alpha value is -1.57. The van der Waals surface area contributed by atoms with E-state index in [4.69, 9.17) is 0 Å². The zero-order valence-electron chi connectivity index (χ0n) is 11.4. The molecule has 0 unspecified atom stereocenters. The van der Waals surface area contributed by atoms with Crippen LogP contribution in [0.1, 0.15) is 44.6 Å². The zero-order chi connectivity index (χ0) is 12.8. The average molecular weight is 242 g/mol. The topological polar surface area (TPSA) is 17.8 Å². The van der Waals surface area contributed by atoms with Gasteiger partial charge < -0.3 is 4.57 Å². The van der Waals surface area contributed by atoms with Crippen molar-refractivity contribution >= 4 is 5.57 Å². The normalized spacial score (nSPS) is 14.7. The molecule has 0 fully saturated rings. The van der Waals surface area contributed by atoms with Crippen molar-refractivity contribution in [3.63, 3.8) is 0 Å². The van der Waals surface area contributed by atoms with Gasteiger partial charge in [0.1, 0.15) is 5.82 Å². The molecule has 0 amide bonds. The number of rotatable bonds is 5. The molecule has 1 heterocycles. The van der Waals surface area contributed by atoms with Crippen LogP contribution in [0.5, 0.6) is 0 Å². The minimum absolute atomic E-state index is 0.972. The minimum Gasteiger partial charge on any atom is -0.328 e. The summed E-state index contributed by atoms with van der Waals surface area (Å²) >= 11 is 0. The summed E-state index contributed by atoms with van der Waals surface area (Å²) in [6.45, 7) is 5.52. The van der Waals surface area contributed by atoms with Crippen molar-refractivity contribution in [2.24, 2.45) is 0 Å². The third kappa shape index (κ3) is 2.81. The van der Waals surface area contributed by atoms with E-state index in [1.165, 1.54) is 24.1 Å². The van der Waals surface area contributed by atoms with E-state index in [-0.39, 0.29) is 0 Å². The van der Waals surface area contributed by atoms with E-state index in [0.717, 1.165) is 25.2 Å². The predicted octanol–water partition coefficient (Wildman–Crippen LogP) is 4.15. The quantitative estimate of drug-likeness (QED) is 0.758. The van der Waals surface area contributed by atoms with Crippen molar-refractivity contribution in [2.45, 2.75) is 46.1 Å². The van der Waals surface area contributed by atoms with Gasteiger partial charge in [-0.15, -0.1) is 0 Å². The SMILES string of the molecule is CCCCn1c(CC)cnc1C1=CC=CC=CC1. The lowest BCUT2D eigenvalue weighted by atomic mass is 10.1. The molecule has 0 aromatic carbocycles. The third-order valence-corrected chi connectivity index (χ3v) is 3.32. The predicted molar refractivity (Wildman–Crippen MR) is 77.4 cm³/mol. The molecule has 2 nitrogen and oxygen atoms in total. The highest BCUT2D eigenvalue weighted by Gasteiger charge is 2.11. The van der Waals surface area contributed by atoms with Crippen molar-refractivity contribution in [2.75, 3.05) is 0 Å². The Morgan fingerprint density at radius 3 is 2.89 bits per heavy atom. The van der Waals surface area contributed by atoms with Crippen LogP contribution >= 0.6 is 0 Å². The van der Waals surface area contributed by atoms with Gasteiger partial charge in [0.2, 0.25) is 0 Å². The molecule has 18 heavy (non-hydrogen) atoms. The van der Waals surface area contributed by atoms with E-state index < -0.39 is 0 Å². The molecule has 0 radical (unpaired) electrons. The maximum atomic E-state index is 4.63. The lowest BCUT2D eigenvalue weighted by Gasteiger charge is -2.12. The first-order valence-corrected chi connectivity index (χ1v) is 6.94. The number of nitrogens with zero attached hydrogens (tertiary/aromatic N) is 2. The van der Waals surface area contributed by atoms with Crippen LogP contribution in [0.3, 0.4) is 0 Å². The smallest absolute Gasteiger partial charge is 0.136 e. The fraction of sp³-hybridized carbons (Fsp3) is 0.438. The summed E-state index contributed by atoms with van der Waals surface area (Å²) in [5.41, 5.74) is 2.66. The molecule has 0 saturated heterocycles. The molecule has 0 bridgehead atoms. The fourth-order valence-electron chi connectivity index (χ4n) is 2.26. The molecule has 2 heteroatoms. The summed E-state index contributed by atoms with van der Waals surface area (Å²) in [4.78, 5) is 4.63. The first kappa shape index (κ1) is 12.9. The van der Waals surface area contributed by atoms with Crippen molar-refractivity contribution in [3.05, 3.63) is 48.1 Å². The van der Waals surface area contributed by atoms with Crippen LogP contribution in [0.15, 0.2) is 36.6 Å². The summed E-state index contributed by atoms with van der Waals surface area (Å²) in [6, 6.07) is 0. The summed E-state index contributed by atoms with van der Waals surface area (Å²) in [7, 11) is 0. The summed E-state index contributed by atoms with van der Waals surface area (Å²) in [6.07, 6.45) is 17.2. The van der Waals surface area contributed by atoms with E-state index in [1.54, 1.807) is 0 Å². The number of hydrogen-bond acceptors (Lipinski definition) is 1. The van der Waals surface area contributed by atoms with Crippen molar-refractivity contribution < 1.29 is 0 Å². The Morgan fingerprint density at radius 1 is 1.22 bits per heavy atom. The third-order valence-electron chi connectivity index (χ3n) is 3.32. The van der Waals surface area contributed by atoms with Crippen molar-refractivity contribution in [3.8, 4) is 0 Å². The Bertz CT molecular complexity index is 475. The second-order valence-corrected chi connectivity index (χ2v) is 4.64. The Balaban J connectivity index is 2.31. The first-order valence-electron chi connectivity index (χ1n) is 6.94. The van der Waals surface area contributed by atoms with Crippen molar-refractivity contribution in [1.29, 1.82) is 0 Å². The van der Waals surface area contributed by atoms with E-state index in [2.05, 4.69) is 53.8 Å². The number of imidazole rings is 1. The van der Waals surface area contributed by atoms with Gasteiger partial charge in [0.15, 0.2) is 0 Å². The van der Waals surface area contributed by atoms with E-state index in [0.29, 0.717) is 0 Å². The van der Waals surface area contributed by atoms with Crippen LogP contribution in [-0.2, 0) is 13.0 Å². The summed E-state index contributed by atoms with van der Waals surface area (Å²) in [5.74, 6) is 1.15. The molecule has 0 atom stereocenters. The van der Waals surface area contributed by atoms with Gasteiger partial charge in [0.05, 0.1) is 0 Å². The van der Waals surface area contributed by atoms with Crippen LogP contribution in [0, 0.1) is 0 Å². The lowest BCUT2D eigenvalue weighted by Crippen LogP contribution is -2.07. The van der Waals surface area contributed by atoms with Gasteiger partial charge in [-0.2, -0.15) is 0 Å². The maximum absolute atomic E-state index is 4.63. The van der Waals surface area contributed by atoms with Gasteiger partial charge in [-0.3, -0.25) is 0 Å². The summed E-state index contributed by atoms with van der Waals surface area (Å²) in [5, 5.41) is 0. The number of aromatic nitrogens is 2. The largest absolute Gasteiger partial charge is 0.328 e. The Kier molecular flexibility index (Phi) is 4.57. The second kappa shape index (κ2) is 6.39. The molecule has 1 aliphatic carbocycles. The summed E-state index contributed by atoms with van der Waals surface area (Å²) < 4.78 is 2.39. The van der Waals surface area contributed by atoms with Crippen LogP contribution in [0.25, 0.3) is 5.57 Å². The lowest BCUT2D eigenvalue weighted by molar-refractivity contribution is 0.604. The Morgan fingerprint density at radius 2 is 2.11 bits per heavy atom. The number of aryl methyl sites for hydroxylation is 1. The zero-order valence-corrected chi connectivity index (χ0v) is 11.4. The molecule has 1 aromatic heterocycles. The van der Waals surface area contributed by atoms with Gasteiger partial charge in [-0.1, -0.05) is 50.6 Å². The molecular weight excluding hydrogens is 220 g/mol. The van der Waals surface area contributed by atoms with Gasteiger partial charge in [-0.25, -0.2) is 4.98 Å². The van der Waals surface area contributed by atoms with Gasteiger partial charge >= 0.3 is 0 Å². The second-order valence-electron chi connectivity index (χ2n) is 4.64. The minimum atomic E-state index is 0.972. The maximum Gasteiger partial charge on any atom is 0.136 e. The van der Waals surface area contributed by atoms with E-state index in [1.807, 2.05) is 6.20 Å². The van der Waals surface area contributed by atoms with E-state index in [9.17, 15) is 0 Å². The Labute approximate surface area is 110 Å². The molecule has 1 aliphatic rings. The van der Waals surface area contributed by atoms with Gasteiger partial charge in [0.25, 0.3) is 0 Å². The number of allylic oxidation sites excluding steroid dienone is 6. The number of unbranched alkanes of at least 4 members (excludes halogenated alkanes) is 1. The number of hydrogen-bond donors (Lipinski definition) is 0. The van der Waals surface area contributed by atoms with E-state index >= 15 is 0 Å². The highest BCUT2D eigenvalue weighted by atomic mass is 15.1. The standard InChI is InChI=1S/C16H22N2/c1-3-5-12-18-15(4-2)13-17-16(18)14-10-8-6-7-9-11-14/h6-10,13H,3-5,11-12H2,1-2H3. The fourth-order valence-corrected chi connectivity index (χ4v) is 2.26. The van der Waals surface area contributed by atoms with Crippen LogP contribution in [0.2, 0.25) is 0 Å². The molecule has 0 N–H and O–H groups in total. The molecule has 1 aromatic rings. The average Bonchev–Trinajstić information content (AvgIpc) is 2.61. The van der Waals surface area contributed by atoms with Crippen LogP contribution in [-0.4, -0.2) is 9.55 Å². The van der Waals surface area contributed by atoms with Crippen LogP contribution in [0.4, 0.5) is 0 Å². The van der Waals surface area contributed by atoms with Gasteiger partial charge in [-0.05, 0) is 24.8 Å². The molecular formula is C16H22N2. The van der Waals surface area contributed by atoms with Crippen LogP contribution < -0.4 is 0 Å². The molecule has 96 valence electrons. The van der Waals surface area contributed by atoms with Gasteiger partial charge in [0, 0.05) is 18.4 Å². The molecule has 0 aliphatic heterocycles. The monoisotopic (exact) mass is 242 g/mol. The highest BCUT2D eigenvalue weighted by Crippen LogP contribution is 2.22. The first-order chi connectivity index (χ1) is 8.86. The molecule has 0 saturated carbocycles.